The SMILES string of the molecule is CCCCCCCCC=CCCCCCCCCCCCC(=O)NC(COC1OC(CO)C(O)C(O)C1O)C(O)C=CCCCCCCCCCCC. The summed E-state index contributed by atoms with van der Waals surface area (Å²) < 4.78 is 11.2. The van der Waals surface area contributed by atoms with Gasteiger partial charge < -0.3 is 40.3 Å². The van der Waals surface area contributed by atoms with E-state index in [-0.39, 0.29) is 12.5 Å². The van der Waals surface area contributed by atoms with Crippen molar-refractivity contribution in [2.45, 2.75) is 236 Å². The molecule has 0 aromatic rings. The number of aliphatic hydroxyl groups excluding tert-OH is 5. The smallest absolute Gasteiger partial charge is 0.220 e. The molecule has 9 nitrogen and oxygen atoms in total. The van der Waals surface area contributed by atoms with Crippen molar-refractivity contribution in [2.75, 3.05) is 13.2 Å². The molecule has 0 radical (unpaired) electrons. The topological polar surface area (TPSA) is 149 Å². The first-order chi connectivity index (χ1) is 25.8. The Bertz CT molecular complexity index is 883. The zero-order chi connectivity index (χ0) is 38.8. The summed E-state index contributed by atoms with van der Waals surface area (Å²) in [6.45, 7) is 3.75. The van der Waals surface area contributed by atoms with Gasteiger partial charge in [0.15, 0.2) is 6.29 Å². The van der Waals surface area contributed by atoms with E-state index in [1.807, 2.05) is 6.08 Å². The molecule has 1 aliphatic rings. The van der Waals surface area contributed by atoms with Gasteiger partial charge in [-0.05, 0) is 44.9 Å². The minimum absolute atomic E-state index is 0.181. The Hall–Kier alpha value is -1.33. The van der Waals surface area contributed by atoms with Crippen LogP contribution in [0, 0.1) is 0 Å². The minimum atomic E-state index is -1.56. The van der Waals surface area contributed by atoms with Crippen LogP contribution in [0.1, 0.15) is 194 Å². The molecule has 0 aromatic carbocycles. The molecule has 0 bridgehead atoms. The van der Waals surface area contributed by atoms with Crippen LogP contribution in [0.3, 0.4) is 0 Å². The van der Waals surface area contributed by atoms with E-state index in [1.165, 1.54) is 135 Å². The molecule has 0 saturated carbocycles. The molecule has 1 fully saturated rings. The predicted molar refractivity (Wildman–Crippen MR) is 217 cm³/mol. The molecule has 1 heterocycles. The monoisotopic (exact) mass is 754 g/mol. The normalized spacial score (nSPS) is 21.8. The van der Waals surface area contributed by atoms with Gasteiger partial charge in [0.05, 0.1) is 25.4 Å². The Balaban J connectivity index is 2.34. The summed E-state index contributed by atoms with van der Waals surface area (Å²) in [5.41, 5.74) is 0. The van der Waals surface area contributed by atoms with Crippen molar-refractivity contribution in [1.82, 2.24) is 5.32 Å². The second-order valence-electron chi connectivity index (χ2n) is 15.5. The number of aliphatic hydroxyl groups is 5. The molecule has 1 amide bonds. The fourth-order valence-corrected chi connectivity index (χ4v) is 6.91. The van der Waals surface area contributed by atoms with Gasteiger partial charge in [-0.15, -0.1) is 0 Å². The van der Waals surface area contributed by atoms with Crippen LogP contribution < -0.4 is 5.32 Å². The van der Waals surface area contributed by atoms with Gasteiger partial charge in [-0.2, -0.15) is 0 Å². The lowest BCUT2D eigenvalue weighted by Crippen LogP contribution is -2.60. The number of nitrogens with one attached hydrogen (secondary N) is 1. The van der Waals surface area contributed by atoms with Crippen molar-refractivity contribution in [3.63, 3.8) is 0 Å². The molecule has 1 aliphatic heterocycles. The van der Waals surface area contributed by atoms with Crippen LogP contribution in [-0.2, 0) is 14.3 Å². The molecular weight excluding hydrogens is 670 g/mol. The molecule has 0 aromatic heterocycles. The Morgan fingerprint density at radius 1 is 0.623 bits per heavy atom. The summed E-state index contributed by atoms with van der Waals surface area (Å²) in [5.74, 6) is -0.181. The van der Waals surface area contributed by atoms with Gasteiger partial charge >= 0.3 is 0 Å². The molecule has 53 heavy (non-hydrogen) atoms. The van der Waals surface area contributed by atoms with Crippen LogP contribution in [0.25, 0.3) is 0 Å². The second kappa shape index (κ2) is 35.1. The number of amides is 1. The highest BCUT2D eigenvalue weighted by atomic mass is 16.7. The lowest BCUT2D eigenvalue weighted by molar-refractivity contribution is -0.302. The van der Waals surface area contributed by atoms with Crippen LogP contribution in [0.2, 0.25) is 0 Å². The van der Waals surface area contributed by atoms with Crippen LogP contribution in [0.4, 0.5) is 0 Å². The summed E-state index contributed by atoms with van der Waals surface area (Å²) >= 11 is 0. The number of carbonyl (C=O) groups excluding carboxylic acids is 1. The Morgan fingerprint density at radius 3 is 1.53 bits per heavy atom. The van der Waals surface area contributed by atoms with E-state index in [0.717, 1.165) is 38.5 Å². The third-order valence-corrected chi connectivity index (χ3v) is 10.5. The quantitative estimate of drug-likeness (QED) is 0.0275. The van der Waals surface area contributed by atoms with Gasteiger partial charge in [0.25, 0.3) is 0 Å². The maximum atomic E-state index is 12.9. The van der Waals surface area contributed by atoms with E-state index in [9.17, 15) is 30.3 Å². The average Bonchev–Trinajstić information content (AvgIpc) is 3.16. The average molecular weight is 754 g/mol. The number of carbonyl (C=O) groups is 1. The van der Waals surface area contributed by atoms with Crippen LogP contribution in [0.15, 0.2) is 24.3 Å². The predicted octanol–water partition coefficient (Wildman–Crippen LogP) is 8.72. The molecular formula is C44H83NO8. The van der Waals surface area contributed by atoms with Crippen molar-refractivity contribution in [3.05, 3.63) is 24.3 Å². The van der Waals surface area contributed by atoms with Crippen molar-refractivity contribution in [2.24, 2.45) is 0 Å². The van der Waals surface area contributed by atoms with E-state index < -0.39 is 49.5 Å². The summed E-state index contributed by atoms with van der Waals surface area (Å²) in [4.78, 5) is 12.9. The lowest BCUT2D eigenvalue weighted by atomic mass is 9.99. The fourth-order valence-electron chi connectivity index (χ4n) is 6.91. The van der Waals surface area contributed by atoms with Gasteiger partial charge in [-0.1, -0.05) is 167 Å². The number of rotatable bonds is 36. The number of ether oxygens (including phenoxy) is 2. The molecule has 0 aliphatic carbocycles. The highest BCUT2D eigenvalue weighted by Gasteiger charge is 2.44. The number of hydrogen-bond donors (Lipinski definition) is 6. The Morgan fingerprint density at radius 2 is 1.06 bits per heavy atom. The Kier molecular flexibility index (Phi) is 32.9. The molecule has 1 saturated heterocycles. The summed E-state index contributed by atoms with van der Waals surface area (Å²) in [7, 11) is 0. The third-order valence-electron chi connectivity index (χ3n) is 10.5. The molecule has 312 valence electrons. The van der Waals surface area contributed by atoms with E-state index in [2.05, 4.69) is 31.3 Å². The van der Waals surface area contributed by atoms with Gasteiger partial charge in [-0.3, -0.25) is 4.79 Å². The van der Waals surface area contributed by atoms with Crippen LogP contribution in [-0.4, -0.2) is 87.5 Å². The number of unbranched alkanes of at least 4 members (excludes halogenated alkanes) is 24. The summed E-state index contributed by atoms with van der Waals surface area (Å²) in [5, 5.41) is 54.0. The maximum Gasteiger partial charge on any atom is 0.220 e. The second-order valence-corrected chi connectivity index (χ2v) is 15.5. The molecule has 7 unspecified atom stereocenters. The zero-order valence-electron chi connectivity index (χ0n) is 34.0. The largest absolute Gasteiger partial charge is 0.394 e. The first-order valence-electron chi connectivity index (χ1n) is 22.1. The van der Waals surface area contributed by atoms with Crippen LogP contribution in [0.5, 0.6) is 0 Å². The highest BCUT2D eigenvalue weighted by Crippen LogP contribution is 2.22. The van der Waals surface area contributed by atoms with Crippen molar-refractivity contribution in [3.8, 4) is 0 Å². The van der Waals surface area contributed by atoms with Gasteiger partial charge in [0, 0.05) is 6.42 Å². The molecule has 0 spiro atoms. The first-order valence-corrected chi connectivity index (χ1v) is 22.1. The maximum absolute atomic E-state index is 12.9. The van der Waals surface area contributed by atoms with Crippen molar-refractivity contribution >= 4 is 5.91 Å². The van der Waals surface area contributed by atoms with Crippen LogP contribution >= 0.6 is 0 Å². The number of hydrogen-bond acceptors (Lipinski definition) is 8. The summed E-state index contributed by atoms with van der Waals surface area (Å²) in [6.07, 6.45) is 33.6. The van der Waals surface area contributed by atoms with Crippen molar-refractivity contribution < 1.29 is 39.8 Å². The fraction of sp³-hybridized carbons (Fsp3) is 0.886. The van der Waals surface area contributed by atoms with E-state index in [4.69, 9.17) is 9.47 Å². The van der Waals surface area contributed by atoms with Crippen molar-refractivity contribution in [1.29, 1.82) is 0 Å². The third kappa shape index (κ3) is 26.2. The molecule has 7 atom stereocenters. The number of allylic oxidation sites excluding steroid dienone is 3. The lowest BCUT2D eigenvalue weighted by Gasteiger charge is -2.40. The van der Waals surface area contributed by atoms with Gasteiger partial charge in [0.2, 0.25) is 5.91 Å². The van der Waals surface area contributed by atoms with E-state index >= 15 is 0 Å². The summed E-state index contributed by atoms with van der Waals surface area (Å²) in [6, 6.07) is -0.801. The van der Waals surface area contributed by atoms with E-state index in [1.54, 1.807) is 6.08 Å². The molecule has 1 rings (SSSR count). The van der Waals surface area contributed by atoms with Gasteiger partial charge in [0.1, 0.15) is 24.4 Å². The highest BCUT2D eigenvalue weighted by molar-refractivity contribution is 5.76. The van der Waals surface area contributed by atoms with E-state index in [0.29, 0.717) is 6.42 Å². The standard InChI is InChI=1S/C44H83NO8/c1-3-5-7-9-11-13-15-16-17-18-19-20-21-22-24-26-28-30-32-34-40(48)45-37(36-52-44-43(51)42(50)41(49)39(35-46)53-44)38(47)33-31-29-27-25-23-14-12-10-8-6-4-2/h16-17,31,33,37-39,41-44,46-47,49-51H,3-15,18-30,32,34-36H2,1-2H3,(H,45,48). The minimum Gasteiger partial charge on any atom is -0.394 e. The van der Waals surface area contributed by atoms with Gasteiger partial charge in [-0.25, -0.2) is 0 Å². The zero-order valence-corrected chi connectivity index (χ0v) is 34.0. The first kappa shape index (κ1) is 49.7. The molecule has 9 heteroatoms. The Labute approximate surface area is 324 Å². The molecule has 6 N–H and O–H groups in total.